The molecule has 0 radical (unpaired) electrons. The smallest absolute Gasteiger partial charge is 0.191 e. The van der Waals surface area contributed by atoms with Crippen LogP contribution in [0.1, 0.15) is 31.2 Å². The second-order valence-electron chi connectivity index (χ2n) is 7.52. The summed E-state index contributed by atoms with van der Waals surface area (Å²) in [7, 11) is 1.76. The summed E-state index contributed by atoms with van der Waals surface area (Å²) < 4.78 is 1.96. The van der Waals surface area contributed by atoms with E-state index in [0.29, 0.717) is 19.0 Å². The molecule has 1 aliphatic heterocycles. The lowest BCUT2D eigenvalue weighted by Crippen LogP contribution is -2.37. The van der Waals surface area contributed by atoms with E-state index in [2.05, 4.69) is 54.8 Å². The lowest BCUT2D eigenvalue weighted by Gasteiger charge is -2.31. The van der Waals surface area contributed by atoms with Gasteiger partial charge in [0.1, 0.15) is 5.82 Å². The van der Waals surface area contributed by atoms with Crippen molar-refractivity contribution in [2.24, 2.45) is 10.9 Å². The SMILES string of the molecule is CN=C(NCc1ccc(N2CCC(C)CC2)nc1)NCc1nnc2ccccn12.I. The Labute approximate surface area is 194 Å². The van der Waals surface area contributed by atoms with Gasteiger partial charge in [0, 0.05) is 39.1 Å². The molecule has 0 spiro atoms. The summed E-state index contributed by atoms with van der Waals surface area (Å²) in [6.45, 7) is 5.71. The number of fused-ring (bicyclic) bond motifs is 1. The van der Waals surface area contributed by atoms with Gasteiger partial charge < -0.3 is 15.5 Å². The molecule has 3 aromatic heterocycles. The average Bonchev–Trinajstić information content (AvgIpc) is 3.18. The van der Waals surface area contributed by atoms with Gasteiger partial charge in [-0.3, -0.25) is 9.39 Å². The van der Waals surface area contributed by atoms with E-state index in [-0.39, 0.29) is 24.0 Å². The maximum absolute atomic E-state index is 4.66. The summed E-state index contributed by atoms with van der Waals surface area (Å²) in [6.07, 6.45) is 6.39. The zero-order valence-electron chi connectivity index (χ0n) is 17.5. The first-order valence-electron chi connectivity index (χ1n) is 10.2. The third kappa shape index (κ3) is 5.38. The number of hydrogen-bond acceptors (Lipinski definition) is 5. The van der Waals surface area contributed by atoms with Crippen LogP contribution < -0.4 is 15.5 Å². The van der Waals surface area contributed by atoms with Crippen molar-refractivity contribution in [3.8, 4) is 0 Å². The number of pyridine rings is 2. The second-order valence-corrected chi connectivity index (χ2v) is 7.52. The Morgan fingerprint density at radius 3 is 2.63 bits per heavy atom. The predicted molar refractivity (Wildman–Crippen MR) is 130 cm³/mol. The van der Waals surface area contributed by atoms with E-state index in [4.69, 9.17) is 0 Å². The van der Waals surface area contributed by atoms with Crippen LogP contribution in [0.4, 0.5) is 5.82 Å². The molecule has 1 saturated heterocycles. The van der Waals surface area contributed by atoms with Crippen LogP contribution in [-0.2, 0) is 13.1 Å². The van der Waals surface area contributed by atoms with Gasteiger partial charge in [0.15, 0.2) is 17.4 Å². The van der Waals surface area contributed by atoms with Gasteiger partial charge in [0.05, 0.1) is 6.54 Å². The Hall–Kier alpha value is -2.43. The lowest BCUT2D eigenvalue weighted by atomic mass is 9.99. The van der Waals surface area contributed by atoms with Crippen LogP contribution in [0.5, 0.6) is 0 Å². The molecule has 0 saturated carbocycles. The van der Waals surface area contributed by atoms with Crippen LogP contribution in [0, 0.1) is 5.92 Å². The Balaban J connectivity index is 0.00000256. The van der Waals surface area contributed by atoms with Gasteiger partial charge >= 0.3 is 0 Å². The predicted octanol–water partition coefficient (Wildman–Crippen LogP) is 2.84. The molecular formula is C21H29IN8. The number of anilines is 1. The summed E-state index contributed by atoms with van der Waals surface area (Å²) in [6, 6.07) is 10.1. The number of nitrogens with zero attached hydrogens (tertiary/aromatic N) is 6. The van der Waals surface area contributed by atoms with E-state index in [1.165, 1.54) is 12.8 Å². The molecule has 9 heteroatoms. The highest BCUT2D eigenvalue weighted by Crippen LogP contribution is 2.21. The molecule has 1 fully saturated rings. The maximum Gasteiger partial charge on any atom is 0.191 e. The molecule has 30 heavy (non-hydrogen) atoms. The zero-order chi connectivity index (χ0) is 20.1. The fourth-order valence-corrected chi connectivity index (χ4v) is 3.53. The van der Waals surface area contributed by atoms with Crippen molar-refractivity contribution in [2.45, 2.75) is 32.9 Å². The number of aromatic nitrogens is 4. The highest BCUT2D eigenvalue weighted by Gasteiger charge is 2.16. The van der Waals surface area contributed by atoms with Gasteiger partial charge in [-0.2, -0.15) is 0 Å². The molecular weight excluding hydrogens is 491 g/mol. The van der Waals surface area contributed by atoms with Crippen LogP contribution in [0.25, 0.3) is 5.65 Å². The monoisotopic (exact) mass is 520 g/mol. The molecule has 4 heterocycles. The minimum Gasteiger partial charge on any atom is -0.357 e. The van der Waals surface area contributed by atoms with Crippen molar-refractivity contribution in [2.75, 3.05) is 25.0 Å². The third-order valence-corrected chi connectivity index (χ3v) is 5.40. The molecule has 0 atom stereocenters. The molecule has 2 N–H and O–H groups in total. The Kier molecular flexibility index (Phi) is 7.83. The summed E-state index contributed by atoms with van der Waals surface area (Å²) in [5.74, 6) is 3.45. The third-order valence-electron chi connectivity index (χ3n) is 5.40. The second kappa shape index (κ2) is 10.6. The van der Waals surface area contributed by atoms with Crippen molar-refractivity contribution in [3.05, 3.63) is 54.1 Å². The van der Waals surface area contributed by atoms with Crippen molar-refractivity contribution in [3.63, 3.8) is 0 Å². The zero-order valence-corrected chi connectivity index (χ0v) is 19.8. The molecule has 0 bridgehead atoms. The minimum absolute atomic E-state index is 0. The Morgan fingerprint density at radius 1 is 1.10 bits per heavy atom. The first-order valence-corrected chi connectivity index (χ1v) is 10.2. The van der Waals surface area contributed by atoms with Crippen LogP contribution in [0.15, 0.2) is 47.7 Å². The minimum atomic E-state index is 0. The van der Waals surface area contributed by atoms with E-state index in [1.807, 2.05) is 35.0 Å². The summed E-state index contributed by atoms with van der Waals surface area (Å²) >= 11 is 0. The van der Waals surface area contributed by atoms with E-state index < -0.39 is 0 Å². The lowest BCUT2D eigenvalue weighted by molar-refractivity contribution is 0.436. The highest BCUT2D eigenvalue weighted by molar-refractivity contribution is 14.0. The van der Waals surface area contributed by atoms with Gasteiger partial charge in [0.2, 0.25) is 0 Å². The molecule has 4 rings (SSSR count). The largest absolute Gasteiger partial charge is 0.357 e. The van der Waals surface area contributed by atoms with Crippen molar-refractivity contribution < 1.29 is 0 Å². The number of nitrogens with one attached hydrogen (secondary N) is 2. The Bertz CT molecular complexity index is 961. The summed E-state index contributed by atoms with van der Waals surface area (Å²) in [5.41, 5.74) is 1.96. The molecule has 1 aliphatic rings. The first kappa shape index (κ1) is 22.3. The van der Waals surface area contributed by atoms with E-state index in [9.17, 15) is 0 Å². The fourth-order valence-electron chi connectivity index (χ4n) is 3.53. The normalized spacial score (nSPS) is 15.1. The number of rotatable bonds is 5. The molecule has 0 aliphatic carbocycles. The Morgan fingerprint density at radius 2 is 1.90 bits per heavy atom. The van der Waals surface area contributed by atoms with Gasteiger partial charge in [-0.05, 0) is 42.5 Å². The molecule has 8 nitrogen and oxygen atoms in total. The van der Waals surface area contributed by atoms with Crippen molar-refractivity contribution in [1.82, 2.24) is 30.2 Å². The fraction of sp³-hybridized carbons (Fsp3) is 0.429. The van der Waals surface area contributed by atoms with E-state index >= 15 is 0 Å². The van der Waals surface area contributed by atoms with Gasteiger partial charge in [-0.1, -0.05) is 19.1 Å². The summed E-state index contributed by atoms with van der Waals surface area (Å²) in [5, 5.41) is 15.0. The quantitative estimate of drug-likeness (QED) is 0.306. The maximum atomic E-state index is 4.66. The van der Waals surface area contributed by atoms with Crippen LogP contribution >= 0.6 is 24.0 Å². The van der Waals surface area contributed by atoms with Crippen LogP contribution in [-0.4, -0.2) is 45.7 Å². The molecule has 160 valence electrons. The number of halogens is 1. The molecule has 3 aromatic rings. The van der Waals surface area contributed by atoms with Crippen LogP contribution in [0.2, 0.25) is 0 Å². The molecule has 0 unspecified atom stereocenters. The first-order chi connectivity index (χ1) is 14.2. The molecule has 0 aromatic carbocycles. The number of piperidine rings is 1. The highest BCUT2D eigenvalue weighted by atomic mass is 127. The topological polar surface area (TPSA) is 82.7 Å². The standard InChI is InChI=1S/C21H28N8.HI/c1-16-8-11-28(12-9-16)18-7-6-17(13-23-18)14-24-21(22-2)25-15-20-27-26-19-5-3-4-10-29(19)20;/h3-7,10,13,16H,8-9,11-12,14-15H2,1-2H3,(H2,22,24,25);1H. The number of aliphatic imine (C=N–C) groups is 1. The van der Waals surface area contributed by atoms with Gasteiger partial charge in [-0.15, -0.1) is 34.2 Å². The van der Waals surface area contributed by atoms with Crippen LogP contribution in [0.3, 0.4) is 0 Å². The number of hydrogen-bond donors (Lipinski definition) is 2. The summed E-state index contributed by atoms with van der Waals surface area (Å²) in [4.78, 5) is 11.3. The number of guanidine groups is 1. The van der Waals surface area contributed by atoms with Crippen molar-refractivity contribution in [1.29, 1.82) is 0 Å². The van der Waals surface area contributed by atoms with E-state index in [1.54, 1.807) is 7.05 Å². The van der Waals surface area contributed by atoms with Crippen molar-refractivity contribution >= 4 is 41.4 Å². The van der Waals surface area contributed by atoms with E-state index in [0.717, 1.165) is 41.9 Å². The van der Waals surface area contributed by atoms with Gasteiger partial charge in [0.25, 0.3) is 0 Å². The average molecular weight is 520 g/mol. The molecule has 0 amide bonds. The van der Waals surface area contributed by atoms with Gasteiger partial charge in [-0.25, -0.2) is 4.98 Å².